The predicted molar refractivity (Wildman–Crippen MR) is 85.6 cm³/mol. The van der Waals surface area contributed by atoms with Crippen LogP contribution in [0.15, 0.2) is 28.7 Å². The monoisotopic (exact) mass is 366 g/mol. The van der Waals surface area contributed by atoms with Crippen LogP contribution < -0.4 is 0 Å². The van der Waals surface area contributed by atoms with Crippen molar-refractivity contribution in [1.29, 1.82) is 0 Å². The Bertz CT molecular complexity index is 488. The third-order valence-corrected chi connectivity index (χ3v) is 6.19. The highest BCUT2D eigenvalue weighted by atomic mass is 79.9. The van der Waals surface area contributed by atoms with Crippen LogP contribution in [-0.4, -0.2) is 25.8 Å². The molecule has 0 aliphatic carbocycles. The first kappa shape index (κ1) is 17.0. The van der Waals surface area contributed by atoms with Crippen molar-refractivity contribution in [1.82, 2.24) is 0 Å². The van der Waals surface area contributed by atoms with Gasteiger partial charge in [0.05, 0.1) is 5.75 Å². The van der Waals surface area contributed by atoms with Gasteiger partial charge in [-0.05, 0) is 36.8 Å². The van der Waals surface area contributed by atoms with Gasteiger partial charge in [0.2, 0.25) is 0 Å². The predicted octanol–water partition coefficient (Wildman–Crippen LogP) is 4.06. The van der Waals surface area contributed by atoms with Crippen LogP contribution in [0.5, 0.6) is 0 Å². The molecule has 0 saturated heterocycles. The average molecular weight is 368 g/mol. The highest BCUT2D eigenvalue weighted by molar-refractivity contribution is 9.10. The molecule has 1 rings (SSSR count). The van der Waals surface area contributed by atoms with E-state index >= 15 is 0 Å². The van der Waals surface area contributed by atoms with Gasteiger partial charge in [-0.2, -0.15) is 0 Å². The van der Waals surface area contributed by atoms with E-state index in [1.54, 1.807) is 6.92 Å². The molecule has 0 heterocycles. The summed E-state index contributed by atoms with van der Waals surface area (Å²) < 4.78 is 24.0. The number of rotatable bonds is 8. The van der Waals surface area contributed by atoms with Crippen molar-refractivity contribution in [3.8, 4) is 0 Å². The Labute approximate surface area is 129 Å². The minimum Gasteiger partial charge on any atom is -0.229 e. The minimum absolute atomic E-state index is 0.225. The molecule has 19 heavy (non-hydrogen) atoms. The molecule has 1 aromatic carbocycles. The molecule has 1 aromatic rings. The van der Waals surface area contributed by atoms with E-state index in [1.807, 2.05) is 18.2 Å². The zero-order valence-corrected chi connectivity index (χ0v) is 14.3. The van der Waals surface area contributed by atoms with Crippen molar-refractivity contribution in [3.05, 3.63) is 34.3 Å². The SMILES string of the molecule is CCS(=O)(=O)CCCC(CCl)Cc1ccccc1Br. The van der Waals surface area contributed by atoms with Gasteiger partial charge in [0.15, 0.2) is 0 Å². The van der Waals surface area contributed by atoms with Crippen molar-refractivity contribution < 1.29 is 8.42 Å². The normalized spacial score (nSPS) is 13.4. The van der Waals surface area contributed by atoms with Crippen molar-refractivity contribution in [2.45, 2.75) is 26.2 Å². The Kier molecular flexibility index (Phi) is 7.40. The molecule has 2 nitrogen and oxygen atoms in total. The Morgan fingerprint density at radius 2 is 2.00 bits per heavy atom. The van der Waals surface area contributed by atoms with Gasteiger partial charge in [-0.1, -0.05) is 41.1 Å². The van der Waals surface area contributed by atoms with E-state index in [9.17, 15) is 8.42 Å². The van der Waals surface area contributed by atoms with Crippen LogP contribution in [0.25, 0.3) is 0 Å². The number of benzene rings is 1. The number of hydrogen-bond acceptors (Lipinski definition) is 2. The van der Waals surface area contributed by atoms with Crippen LogP contribution in [0.3, 0.4) is 0 Å². The lowest BCUT2D eigenvalue weighted by atomic mass is 9.97. The van der Waals surface area contributed by atoms with E-state index in [-0.39, 0.29) is 11.5 Å². The van der Waals surface area contributed by atoms with Gasteiger partial charge in [0.25, 0.3) is 0 Å². The molecular formula is C14H20BrClO2S. The van der Waals surface area contributed by atoms with Gasteiger partial charge in [0, 0.05) is 16.1 Å². The summed E-state index contributed by atoms with van der Waals surface area (Å²) in [5.41, 5.74) is 1.23. The molecule has 0 aliphatic rings. The Hall–Kier alpha value is -0.0600. The van der Waals surface area contributed by atoms with E-state index in [0.29, 0.717) is 18.2 Å². The number of sulfone groups is 1. The number of halogens is 2. The summed E-state index contributed by atoms with van der Waals surface area (Å²) in [6, 6.07) is 8.08. The van der Waals surface area contributed by atoms with Gasteiger partial charge in [-0.3, -0.25) is 0 Å². The Morgan fingerprint density at radius 1 is 1.32 bits per heavy atom. The first-order valence-electron chi connectivity index (χ1n) is 6.48. The molecule has 1 unspecified atom stereocenters. The second-order valence-corrected chi connectivity index (χ2v) is 8.33. The van der Waals surface area contributed by atoms with Crippen molar-refractivity contribution >= 4 is 37.4 Å². The molecule has 0 aliphatic heterocycles. The van der Waals surface area contributed by atoms with Gasteiger partial charge in [-0.25, -0.2) is 8.42 Å². The molecular weight excluding hydrogens is 348 g/mol. The van der Waals surface area contributed by atoms with E-state index in [2.05, 4.69) is 22.0 Å². The largest absolute Gasteiger partial charge is 0.229 e. The molecule has 108 valence electrons. The maximum atomic E-state index is 11.4. The summed E-state index contributed by atoms with van der Waals surface area (Å²) in [6.07, 6.45) is 2.43. The zero-order valence-electron chi connectivity index (χ0n) is 11.1. The van der Waals surface area contributed by atoms with Crippen LogP contribution in [-0.2, 0) is 16.3 Å². The summed E-state index contributed by atoms with van der Waals surface area (Å²) >= 11 is 9.52. The highest BCUT2D eigenvalue weighted by Crippen LogP contribution is 2.22. The fraction of sp³-hybridized carbons (Fsp3) is 0.571. The van der Waals surface area contributed by atoms with E-state index in [4.69, 9.17) is 11.6 Å². The van der Waals surface area contributed by atoms with E-state index < -0.39 is 9.84 Å². The van der Waals surface area contributed by atoms with Gasteiger partial charge < -0.3 is 0 Å². The van der Waals surface area contributed by atoms with E-state index in [1.165, 1.54) is 5.56 Å². The van der Waals surface area contributed by atoms with E-state index in [0.717, 1.165) is 17.3 Å². The molecule has 1 atom stereocenters. The summed E-state index contributed by atoms with van der Waals surface area (Å²) in [5.74, 6) is 1.38. The van der Waals surface area contributed by atoms with Crippen LogP contribution in [0.2, 0.25) is 0 Å². The topological polar surface area (TPSA) is 34.1 Å². The molecule has 0 amide bonds. The van der Waals surface area contributed by atoms with Crippen molar-refractivity contribution in [2.75, 3.05) is 17.4 Å². The maximum absolute atomic E-state index is 11.4. The molecule has 0 aromatic heterocycles. The highest BCUT2D eigenvalue weighted by Gasteiger charge is 2.13. The first-order valence-corrected chi connectivity index (χ1v) is 9.63. The van der Waals surface area contributed by atoms with Gasteiger partial charge >= 0.3 is 0 Å². The average Bonchev–Trinajstić information content (AvgIpc) is 2.39. The van der Waals surface area contributed by atoms with Crippen LogP contribution in [0.1, 0.15) is 25.3 Å². The Balaban J connectivity index is 2.49. The Morgan fingerprint density at radius 3 is 2.58 bits per heavy atom. The van der Waals surface area contributed by atoms with Crippen LogP contribution >= 0.6 is 27.5 Å². The van der Waals surface area contributed by atoms with Crippen molar-refractivity contribution in [2.24, 2.45) is 5.92 Å². The minimum atomic E-state index is -2.86. The lowest BCUT2D eigenvalue weighted by molar-refractivity contribution is 0.522. The number of alkyl halides is 1. The fourth-order valence-corrected chi connectivity index (χ4v) is 3.55. The molecule has 0 radical (unpaired) electrons. The summed E-state index contributed by atoms with van der Waals surface area (Å²) in [6.45, 7) is 1.69. The standard InChI is InChI=1S/C14H20BrClO2S/c1-2-19(17,18)9-5-6-12(11-16)10-13-7-3-4-8-14(13)15/h3-4,7-8,12H,2,5-6,9-11H2,1H3. The molecule has 0 N–H and O–H groups in total. The molecule has 5 heteroatoms. The summed E-state index contributed by atoms with van der Waals surface area (Å²) in [5, 5.41) is 0. The first-order chi connectivity index (χ1) is 8.98. The fourth-order valence-electron chi connectivity index (χ4n) is 1.94. The third-order valence-electron chi connectivity index (χ3n) is 3.19. The van der Waals surface area contributed by atoms with Gasteiger partial charge in [-0.15, -0.1) is 11.6 Å². The van der Waals surface area contributed by atoms with Crippen LogP contribution in [0, 0.1) is 5.92 Å². The molecule has 0 saturated carbocycles. The lowest BCUT2D eigenvalue weighted by Gasteiger charge is -2.14. The quantitative estimate of drug-likeness (QED) is 0.649. The lowest BCUT2D eigenvalue weighted by Crippen LogP contribution is -2.12. The smallest absolute Gasteiger partial charge is 0.150 e. The maximum Gasteiger partial charge on any atom is 0.150 e. The van der Waals surface area contributed by atoms with Crippen LogP contribution in [0.4, 0.5) is 0 Å². The van der Waals surface area contributed by atoms with Crippen molar-refractivity contribution in [3.63, 3.8) is 0 Å². The zero-order chi connectivity index (χ0) is 14.3. The summed E-state index contributed by atoms with van der Waals surface area (Å²) in [7, 11) is -2.86. The number of hydrogen-bond donors (Lipinski definition) is 0. The summed E-state index contributed by atoms with van der Waals surface area (Å²) in [4.78, 5) is 0. The third kappa shape index (κ3) is 6.28. The molecule has 0 bridgehead atoms. The second kappa shape index (κ2) is 8.28. The molecule has 0 spiro atoms. The molecule has 0 fully saturated rings. The van der Waals surface area contributed by atoms with Gasteiger partial charge in [0.1, 0.15) is 9.84 Å². The second-order valence-electron chi connectivity index (χ2n) is 4.69.